The standard InChI is InChI=1S/C15H13ClN2O3/c16-12-6-10(2-3-11(12)15(17)19)18-7-9-1-4-13-14(5-9)21-8-20-13/h1-6,18H,7-8H2,(H2,17,19). The van der Waals surface area contributed by atoms with E-state index in [1.165, 1.54) is 0 Å². The van der Waals surface area contributed by atoms with Crippen molar-refractivity contribution in [2.75, 3.05) is 12.1 Å². The van der Waals surface area contributed by atoms with Gasteiger partial charge in [0.15, 0.2) is 11.5 Å². The van der Waals surface area contributed by atoms with Crippen molar-refractivity contribution in [2.45, 2.75) is 6.54 Å². The predicted molar refractivity (Wildman–Crippen MR) is 79.9 cm³/mol. The Morgan fingerprint density at radius 3 is 2.76 bits per heavy atom. The van der Waals surface area contributed by atoms with Crippen LogP contribution in [0.15, 0.2) is 36.4 Å². The minimum atomic E-state index is -0.540. The van der Waals surface area contributed by atoms with E-state index in [0.717, 1.165) is 22.7 Å². The summed E-state index contributed by atoms with van der Waals surface area (Å²) < 4.78 is 10.6. The molecule has 1 heterocycles. The number of carbonyl (C=O) groups excluding carboxylic acids is 1. The van der Waals surface area contributed by atoms with E-state index in [1.54, 1.807) is 18.2 Å². The molecule has 5 nitrogen and oxygen atoms in total. The van der Waals surface area contributed by atoms with Gasteiger partial charge in [-0.3, -0.25) is 4.79 Å². The maximum Gasteiger partial charge on any atom is 0.250 e. The third-order valence-corrected chi connectivity index (χ3v) is 3.48. The van der Waals surface area contributed by atoms with Gasteiger partial charge in [0.2, 0.25) is 12.7 Å². The molecule has 1 aliphatic heterocycles. The molecule has 0 saturated carbocycles. The van der Waals surface area contributed by atoms with Crippen LogP contribution in [0.2, 0.25) is 5.02 Å². The van der Waals surface area contributed by atoms with E-state index in [0.29, 0.717) is 17.1 Å². The summed E-state index contributed by atoms with van der Waals surface area (Å²) in [5.74, 6) is 0.964. The number of benzene rings is 2. The summed E-state index contributed by atoms with van der Waals surface area (Å²) in [5.41, 5.74) is 7.38. The van der Waals surface area contributed by atoms with Crippen LogP contribution in [0.25, 0.3) is 0 Å². The van der Waals surface area contributed by atoms with Gasteiger partial charge in [-0.1, -0.05) is 17.7 Å². The van der Waals surface area contributed by atoms with Crippen LogP contribution in [0.3, 0.4) is 0 Å². The van der Waals surface area contributed by atoms with Crippen molar-refractivity contribution in [3.05, 3.63) is 52.5 Å². The largest absolute Gasteiger partial charge is 0.454 e. The van der Waals surface area contributed by atoms with Crippen molar-refractivity contribution in [1.29, 1.82) is 0 Å². The summed E-state index contributed by atoms with van der Waals surface area (Å²) in [6, 6.07) is 10.8. The Hall–Kier alpha value is -2.40. The van der Waals surface area contributed by atoms with Gasteiger partial charge in [0.25, 0.3) is 0 Å². The Labute approximate surface area is 126 Å². The Morgan fingerprint density at radius 1 is 1.19 bits per heavy atom. The molecule has 0 aromatic heterocycles. The third kappa shape index (κ3) is 2.87. The molecule has 3 rings (SSSR count). The Bertz CT molecular complexity index is 703. The van der Waals surface area contributed by atoms with Gasteiger partial charge in [0, 0.05) is 12.2 Å². The SMILES string of the molecule is NC(=O)c1ccc(NCc2ccc3c(c2)OCO3)cc1Cl. The zero-order valence-corrected chi connectivity index (χ0v) is 11.8. The molecule has 2 aromatic carbocycles. The van der Waals surface area contributed by atoms with Gasteiger partial charge in [0.05, 0.1) is 10.6 Å². The highest BCUT2D eigenvalue weighted by molar-refractivity contribution is 6.34. The van der Waals surface area contributed by atoms with Gasteiger partial charge in [-0.15, -0.1) is 0 Å². The number of hydrogen-bond acceptors (Lipinski definition) is 4. The zero-order chi connectivity index (χ0) is 14.8. The summed E-state index contributed by atoms with van der Waals surface area (Å²) in [6.07, 6.45) is 0. The lowest BCUT2D eigenvalue weighted by molar-refractivity contribution is 0.100. The van der Waals surface area contributed by atoms with Crippen LogP contribution in [0.5, 0.6) is 11.5 Å². The van der Waals surface area contributed by atoms with Crippen molar-refractivity contribution in [3.8, 4) is 11.5 Å². The van der Waals surface area contributed by atoms with Crippen molar-refractivity contribution in [3.63, 3.8) is 0 Å². The van der Waals surface area contributed by atoms with E-state index in [-0.39, 0.29) is 6.79 Å². The number of amides is 1. The molecule has 3 N–H and O–H groups in total. The summed E-state index contributed by atoms with van der Waals surface area (Å²) >= 11 is 6.01. The van der Waals surface area contributed by atoms with Gasteiger partial charge in [-0.2, -0.15) is 0 Å². The van der Waals surface area contributed by atoms with Crippen LogP contribution in [-0.2, 0) is 6.54 Å². The molecule has 0 radical (unpaired) electrons. The summed E-state index contributed by atoms with van der Waals surface area (Å²) in [5, 5.41) is 3.56. The predicted octanol–water partition coefficient (Wildman–Crippen LogP) is 2.78. The average Bonchev–Trinajstić information content (AvgIpc) is 2.92. The summed E-state index contributed by atoms with van der Waals surface area (Å²) in [7, 11) is 0. The first-order chi connectivity index (χ1) is 10.1. The fourth-order valence-corrected chi connectivity index (χ4v) is 2.35. The number of halogens is 1. The fraction of sp³-hybridized carbons (Fsp3) is 0.133. The minimum Gasteiger partial charge on any atom is -0.454 e. The number of ether oxygens (including phenoxy) is 2. The normalized spacial score (nSPS) is 12.2. The Balaban J connectivity index is 1.70. The lowest BCUT2D eigenvalue weighted by Crippen LogP contribution is -2.11. The summed E-state index contributed by atoms with van der Waals surface area (Å²) in [6.45, 7) is 0.860. The molecular weight excluding hydrogens is 292 g/mol. The number of fused-ring (bicyclic) bond motifs is 1. The molecular formula is C15H13ClN2O3. The quantitative estimate of drug-likeness (QED) is 0.911. The van der Waals surface area contributed by atoms with Gasteiger partial charge < -0.3 is 20.5 Å². The number of primary amides is 1. The number of anilines is 1. The number of hydrogen-bond donors (Lipinski definition) is 2. The monoisotopic (exact) mass is 304 g/mol. The second-order valence-corrected chi connectivity index (χ2v) is 5.01. The van der Waals surface area contributed by atoms with E-state index < -0.39 is 5.91 Å². The molecule has 1 amide bonds. The van der Waals surface area contributed by atoms with Crippen molar-refractivity contribution >= 4 is 23.2 Å². The molecule has 0 saturated heterocycles. The highest BCUT2D eigenvalue weighted by Crippen LogP contribution is 2.32. The van der Waals surface area contributed by atoms with Gasteiger partial charge >= 0.3 is 0 Å². The maximum atomic E-state index is 11.1. The summed E-state index contributed by atoms with van der Waals surface area (Å²) in [4.78, 5) is 11.1. The van der Waals surface area contributed by atoms with Crippen molar-refractivity contribution in [1.82, 2.24) is 0 Å². The Kier molecular flexibility index (Phi) is 3.58. The molecule has 0 atom stereocenters. The first kappa shape index (κ1) is 13.6. The number of nitrogens with two attached hydrogens (primary N) is 1. The van der Waals surface area contributed by atoms with Crippen LogP contribution in [0.4, 0.5) is 5.69 Å². The van der Waals surface area contributed by atoms with E-state index in [4.69, 9.17) is 26.8 Å². The molecule has 0 unspecified atom stereocenters. The van der Waals surface area contributed by atoms with Crippen molar-refractivity contribution in [2.24, 2.45) is 5.73 Å². The van der Waals surface area contributed by atoms with Crippen LogP contribution < -0.4 is 20.5 Å². The van der Waals surface area contributed by atoms with Crippen LogP contribution in [-0.4, -0.2) is 12.7 Å². The third-order valence-electron chi connectivity index (χ3n) is 3.17. The number of carbonyl (C=O) groups is 1. The molecule has 1 aliphatic rings. The smallest absolute Gasteiger partial charge is 0.250 e. The lowest BCUT2D eigenvalue weighted by Gasteiger charge is -2.09. The minimum absolute atomic E-state index is 0.260. The molecule has 21 heavy (non-hydrogen) atoms. The molecule has 108 valence electrons. The van der Waals surface area contributed by atoms with E-state index in [9.17, 15) is 4.79 Å². The fourth-order valence-electron chi connectivity index (χ4n) is 2.08. The van der Waals surface area contributed by atoms with E-state index in [1.807, 2.05) is 18.2 Å². The maximum absolute atomic E-state index is 11.1. The molecule has 0 spiro atoms. The first-order valence-electron chi connectivity index (χ1n) is 6.35. The number of rotatable bonds is 4. The van der Waals surface area contributed by atoms with Crippen LogP contribution >= 0.6 is 11.6 Å². The first-order valence-corrected chi connectivity index (χ1v) is 6.73. The van der Waals surface area contributed by atoms with Crippen LogP contribution in [0, 0.1) is 0 Å². The average molecular weight is 305 g/mol. The topological polar surface area (TPSA) is 73.6 Å². The molecule has 6 heteroatoms. The Morgan fingerprint density at radius 2 is 2.00 bits per heavy atom. The highest BCUT2D eigenvalue weighted by Gasteiger charge is 2.13. The second kappa shape index (κ2) is 5.54. The van der Waals surface area contributed by atoms with Gasteiger partial charge in [-0.05, 0) is 35.9 Å². The van der Waals surface area contributed by atoms with Crippen LogP contribution in [0.1, 0.15) is 15.9 Å². The van der Waals surface area contributed by atoms with Gasteiger partial charge in [0.1, 0.15) is 0 Å². The molecule has 0 bridgehead atoms. The van der Waals surface area contributed by atoms with Gasteiger partial charge in [-0.25, -0.2) is 0 Å². The lowest BCUT2D eigenvalue weighted by atomic mass is 10.1. The van der Waals surface area contributed by atoms with E-state index in [2.05, 4.69) is 5.32 Å². The highest BCUT2D eigenvalue weighted by atomic mass is 35.5. The number of nitrogens with one attached hydrogen (secondary N) is 1. The molecule has 0 fully saturated rings. The van der Waals surface area contributed by atoms with Crippen molar-refractivity contribution < 1.29 is 14.3 Å². The molecule has 2 aromatic rings. The van der Waals surface area contributed by atoms with E-state index >= 15 is 0 Å². The molecule has 0 aliphatic carbocycles. The zero-order valence-electron chi connectivity index (χ0n) is 11.1. The second-order valence-electron chi connectivity index (χ2n) is 4.60.